The van der Waals surface area contributed by atoms with Crippen LogP contribution in [0.5, 0.6) is 0 Å². The standard InChI is InChI=1S/C19H30N2O/c1-6-10-19(7-2)17-12-15(4)18(20-14-21(5)8-3)13-16(17)9-11-22-19/h12-14H,6-11H2,1-5H3. The lowest BCUT2D eigenvalue weighted by Crippen LogP contribution is -2.35. The van der Waals surface area contributed by atoms with Crippen LogP contribution in [-0.2, 0) is 16.8 Å². The molecule has 0 aliphatic carbocycles. The lowest BCUT2D eigenvalue weighted by molar-refractivity contribution is -0.0699. The maximum Gasteiger partial charge on any atom is 0.0931 e. The molecule has 1 heterocycles. The molecule has 0 saturated carbocycles. The van der Waals surface area contributed by atoms with Gasteiger partial charge in [0.1, 0.15) is 0 Å². The third kappa shape index (κ3) is 3.35. The van der Waals surface area contributed by atoms with E-state index in [9.17, 15) is 0 Å². The number of aliphatic imine (C=N–C) groups is 1. The van der Waals surface area contributed by atoms with E-state index in [1.807, 2.05) is 6.34 Å². The molecule has 1 aliphatic heterocycles. The van der Waals surface area contributed by atoms with Gasteiger partial charge in [-0.3, -0.25) is 0 Å². The van der Waals surface area contributed by atoms with E-state index in [0.717, 1.165) is 44.5 Å². The van der Waals surface area contributed by atoms with Gasteiger partial charge in [-0.1, -0.05) is 26.3 Å². The molecule has 0 N–H and O–H groups in total. The molecule has 1 aromatic carbocycles. The molecule has 1 atom stereocenters. The van der Waals surface area contributed by atoms with E-state index in [2.05, 4.69) is 56.8 Å². The second-order valence-electron chi connectivity index (χ2n) is 6.31. The van der Waals surface area contributed by atoms with Gasteiger partial charge in [-0.25, -0.2) is 4.99 Å². The lowest BCUT2D eigenvalue weighted by atomic mass is 9.80. The normalized spacial score (nSPS) is 21.1. The Balaban J connectivity index is 2.40. The minimum absolute atomic E-state index is 0.0878. The fourth-order valence-electron chi connectivity index (χ4n) is 3.27. The summed E-state index contributed by atoms with van der Waals surface area (Å²) in [5.74, 6) is 0. The first-order chi connectivity index (χ1) is 10.6. The van der Waals surface area contributed by atoms with Crippen molar-refractivity contribution in [3.63, 3.8) is 0 Å². The molecule has 0 spiro atoms. The quantitative estimate of drug-likeness (QED) is 0.567. The first-order valence-electron chi connectivity index (χ1n) is 8.58. The molecule has 0 bridgehead atoms. The molecule has 0 amide bonds. The molecule has 0 aromatic heterocycles. The second-order valence-corrected chi connectivity index (χ2v) is 6.31. The maximum absolute atomic E-state index is 6.25. The van der Waals surface area contributed by atoms with Crippen molar-refractivity contribution in [3.8, 4) is 0 Å². The second kappa shape index (κ2) is 7.28. The number of hydrogen-bond donors (Lipinski definition) is 0. The van der Waals surface area contributed by atoms with Crippen molar-refractivity contribution in [2.45, 2.75) is 59.0 Å². The van der Waals surface area contributed by atoms with Gasteiger partial charge < -0.3 is 9.64 Å². The molecule has 3 heteroatoms. The fourth-order valence-corrected chi connectivity index (χ4v) is 3.27. The smallest absolute Gasteiger partial charge is 0.0931 e. The summed E-state index contributed by atoms with van der Waals surface area (Å²) in [5, 5.41) is 0. The number of nitrogens with zero attached hydrogens (tertiary/aromatic N) is 2. The van der Waals surface area contributed by atoms with Crippen molar-refractivity contribution < 1.29 is 4.74 Å². The summed E-state index contributed by atoms with van der Waals surface area (Å²) in [6, 6.07) is 4.58. The Labute approximate surface area is 135 Å². The molecule has 0 fully saturated rings. The van der Waals surface area contributed by atoms with Gasteiger partial charge in [0.2, 0.25) is 0 Å². The number of benzene rings is 1. The predicted molar refractivity (Wildman–Crippen MR) is 94.2 cm³/mol. The van der Waals surface area contributed by atoms with Gasteiger partial charge in [0.05, 0.1) is 24.2 Å². The average Bonchev–Trinajstić information content (AvgIpc) is 2.53. The van der Waals surface area contributed by atoms with Crippen LogP contribution >= 0.6 is 0 Å². The minimum atomic E-state index is -0.0878. The highest BCUT2D eigenvalue weighted by Gasteiger charge is 2.35. The Kier molecular flexibility index (Phi) is 5.63. The average molecular weight is 302 g/mol. The van der Waals surface area contributed by atoms with Crippen molar-refractivity contribution in [3.05, 3.63) is 28.8 Å². The summed E-state index contributed by atoms with van der Waals surface area (Å²) >= 11 is 0. The SMILES string of the molecule is CCCC1(CC)OCCc2cc(N=CN(C)CC)c(C)cc21. The van der Waals surface area contributed by atoms with E-state index in [1.165, 1.54) is 16.7 Å². The Morgan fingerprint density at radius 2 is 2.09 bits per heavy atom. The van der Waals surface area contributed by atoms with Crippen LogP contribution in [0.2, 0.25) is 0 Å². The van der Waals surface area contributed by atoms with Crippen LogP contribution in [0.15, 0.2) is 17.1 Å². The summed E-state index contributed by atoms with van der Waals surface area (Å²) in [6.45, 7) is 10.5. The van der Waals surface area contributed by atoms with Gasteiger partial charge in [0, 0.05) is 13.6 Å². The van der Waals surface area contributed by atoms with Gasteiger partial charge in [0.25, 0.3) is 0 Å². The van der Waals surface area contributed by atoms with E-state index >= 15 is 0 Å². The monoisotopic (exact) mass is 302 g/mol. The number of hydrogen-bond acceptors (Lipinski definition) is 2. The summed E-state index contributed by atoms with van der Waals surface area (Å²) in [7, 11) is 2.05. The fraction of sp³-hybridized carbons (Fsp3) is 0.632. The van der Waals surface area contributed by atoms with Crippen LogP contribution in [0.3, 0.4) is 0 Å². The molecule has 1 aromatic rings. The zero-order valence-electron chi connectivity index (χ0n) is 14.8. The molecule has 1 aliphatic rings. The van der Waals surface area contributed by atoms with Gasteiger partial charge in [0.15, 0.2) is 0 Å². The highest BCUT2D eigenvalue weighted by atomic mass is 16.5. The van der Waals surface area contributed by atoms with E-state index < -0.39 is 0 Å². The van der Waals surface area contributed by atoms with E-state index in [-0.39, 0.29) is 5.60 Å². The van der Waals surface area contributed by atoms with Crippen LogP contribution < -0.4 is 0 Å². The van der Waals surface area contributed by atoms with E-state index in [0.29, 0.717) is 0 Å². The predicted octanol–water partition coefficient (Wildman–Crippen LogP) is 4.58. The largest absolute Gasteiger partial charge is 0.370 e. The number of ether oxygens (including phenoxy) is 1. The summed E-state index contributed by atoms with van der Waals surface area (Å²) in [4.78, 5) is 6.76. The first-order valence-corrected chi connectivity index (χ1v) is 8.58. The van der Waals surface area contributed by atoms with Crippen molar-refractivity contribution in [2.24, 2.45) is 4.99 Å². The van der Waals surface area contributed by atoms with Crippen molar-refractivity contribution in [2.75, 3.05) is 20.2 Å². The van der Waals surface area contributed by atoms with Crippen molar-refractivity contribution >= 4 is 12.0 Å². The summed E-state index contributed by atoms with van der Waals surface area (Å²) in [5.41, 5.74) is 5.04. The van der Waals surface area contributed by atoms with Crippen LogP contribution in [-0.4, -0.2) is 31.4 Å². The molecular weight excluding hydrogens is 272 g/mol. The zero-order valence-corrected chi connectivity index (χ0v) is 14.8. The minimum Gasteiger partial charge on any atom is -0.370 e. The molecular formula is C19H30N2O. The van der Waals surface area contributed by atoms with Crippen LogP contribution in [0.1, 0.15) is 56.7 Å². The Hall–Kier alpha value is -1.35. The third-order valence-corrected chi connectivity index (χ3v) is 4.78. The summed E-state index contributed by atoms with van der Waals surface area (Å²) < 4.78 is 6.25. The Morgan fingerprint density at radius 3 is 2.73 bits per heavy atom. The molecule has 22 heavy (non-hydrogen) atoms. The Morgan fingerprint density at radius 1 is 1.32 bits per heavy atom. The Bertz CT molecular complexity index is 538. The van der Waals surface area contributed by atoms with E-state index in [4.69, 9.17) is 4.74 Å². The topological polar surface area (TPSA) is 24.8 Å². The molecule has 2 rings (SSSR count). The molecule has 3 nitrogen and oxygen atoms in total. The summed E-state index contributed by atoms with van der Waals surface area (Å²) in [6.07, 6.45) is 6.19. The maximum atomic E-state index is 6.25. The third-order valence-electron chi connectivity index (χ3n) is 4.78. The lowest BCUT2D eigenvalue weighted by Gasteiger charge is -2.39. The first kappa shape index (κ1) is 17.0. The van der Waals surface area contributed by atoms with Gasteiger partial charge >= 0.3 is 0 Å². The van der Waals surface area contributed by atoms with E-state index in [1.54, 1.807) is 0 Å². The van der Waals surface area contributed by atoms with Crippen molar-refractivity contribution in [1.29, 1.82) is 0 Å². The molecule has 122 valence electrons. The van der Waals surface area contributed by atoms with Crippen molar-refractivity contribution in [1.82, 2.24) is 4.90 Å². The highest BCUT2D eigenvalue weighted by Crippen LogP contribution is 2.41. The van der Waals surface area contributed by atoms with Gasteiger partial charge in [-0.05, 0) is 55.9 Å². The van der Waals surface area contributed by atoms with Crippen LogP contribution in [0, 0.1) is 6.92 Å². The van der Waals surface area contributed by atoms with Gasteiger partial charge in [-0.15, -0.1) is 0 Å². The molecule has 1 unspecified atom stereocenters. The number of aryl methyl sites for hydroxylation is 1. The molecule has 0 saturated heterocycles. The van der Waals surface area contributed by atoms with Crippen LogP contribution in [0.25, 0.3) is 0 Å². The van der Waals surface area contributed by atoms with Gasteiger partial charge in [-0.2, -0.15) is 0 Å². The molecule has 0 radical (unpaired) electrons. The zero-order chi connectivity index (χ0) is 16.2. The number of fused-ring (bicyclic) bond motifs is 1. The highest BCUT2D eigenvalue weighted by molar-refractivity contribution is 5.64. The number of rotatable bonds is 6. The van der Waals surface area contributed by atoms with Crippen LogP contribution in [0.4, 0.5) is 5.69 Å².